The molecule has 2 rings (SSSR count). The van der Waals surface area contributed by atoms with Gasteiger partial charge >= 0.3 is 6.18 Å². The van der Waals surface area contributed by atoms with E-state index in [1.165, 1.54) is 18.9 Å². The lowest BCUT2D eigenvalue weighted by atomic mass is 10.1. The van der Waals surface area contributed by atoms with Gasteiger partial charge in [-0.15, -0.1) is 0 Å². The number of anilines is 1. The molecule has 0 spiro atoms. The van der Waals surface area contributed by atoms with Gasteiger partial charge in [0, 0.05) is 25.3 Å². The van der Waals surface area contributed by atoms with Crippen LogP contribution in [0.2, 0.25) is 0 Å². The van der Waals surface area contributed by atoms with Gasteiger partial charge in [0.25, 0.3) is 0 Å². The first-order valence-electron chi connectivity index (χ1n) is 6.60. The number of nitrogens with zero attached hydrogens (tertiary/aromatic N) is 1. The van der Waals surface area contributed by atoms with Gasteiger partial charge in [-0.3, -0.25) is 0 Å². The van der Waals surface area contributed by atoms with E-state index in [4.69, 9.17) is 5.73 Å². The smallest absolute Gasteiger partial charge is 0.371 e. The Morgan fingerprint density at radius 3 is 2.47 bits per heavy atom. The molecule has 106 valence electrons. The Labute approximate surface area is 111 Å². The molecule has 19 heavy (non-hydrogen) atoms. The molecule has 0 atom stereocenters. The molecule has 0 saturated heterocycles. The van der Waals surface area contributed by atoms with Crippen molar-refractivity contribution in [1.29, 1.82) is 0 Å². The third kappa shape index (κ3) is 3.41. The van der Waals surface area contributed by atoms with Crippen LogP contribution in [0.5, 0.6) is 0 Å². The van der Waals surface area contributed by atoms with E-state index in [0.717, 1.165) is 24.8 Å². The Bertz CT molecular complexity index is 439. The predicted octanol–water partition coefficient (Wildman–Crippen LogP) is 3.40. The topological polar surface area (TPSA) is 29.3 Å². The van der Waals surface area contributed by atoms with Crippen molar-refractivity contribution < 1.29 is 13.2 Å². The highest BCUT2D eigenvalue weighted by Gasteiger charge is 2.31. The summed E-state index contributed by atoms with van der Waals surface area (Å²) in [6.45, 7) is 3.84. The fraction of sp³-hybridized carbons (Fsp3) is 0.571. The van der Waals surface area contributed by atoms with Gasteiger partial charge in [0.1, 0.15) is 0 Å². The Morgan fingerprint density at radius 1 is 1.32 bits per heavy atom. The second kappa shape index (κ2) is 5.41. The monoisotopic (exact) mass is 272 g/mol. The molecule has 1 saturated carbocycles. The molecule has 0 bridgehead atoms. The zero-order valence-corrected chi connectivity index (χ0v) is 11.0. The molecule has 1 aromatic carbocycles. The molecule has 0 amide bonds. The summed E-state index contributed by atoms with van der Waals surface area (Å²) in [6, 6.07) is 3.87. The van der Waals surface area contributed by atoms with Crippen LogP contribution >= 0.6 is 0 Å². The zero-order valence-electron chi connectivity index (χ0n) is 11.0. The first kappa shape index (κ1) is 14.2. The number of hydrogen-bond donors (Lipinski definition) is 1. The highest BCUT2D eigenvalue weighted by molar-refractivity contribution is 5.55. The van der Waals surface area contributed by atoms with Crippen molar-refractivity contribution in [3.05, 3.63) is 29.3 Å². The number of alkyl halides is 3. The van der Waals surface area contributed by atoms with Crippen molar-refractivity contribution in [2.24, 2.45) is 11.7 Å². The molecular weight excluding hydrogens is 253 g/mol. The summed E-state index contributed by atoms with van der Waals surface area (Å²) in [5.41, 5.74) is 6.39. The summed E-state index contributed by atoms with van der Waals surface area (Å²) >= 11 is 0. The second-order valence-corrected chi connectivity index (χ2v) is 5.03. The van der Waals surface area contributed by atoms with Gasteiger partial charge in [0.05, 0.1) is 5.56 Å². The summed E-state index contributed by atoms with van der Waals surface area (Å²) in [5.74, 6) is 0.688. The fourth-order valence-electron chi connectivity index (χ4n) is 2.24. The van der Waals surface area contributed by atoms with Crippen molar-refractivity contribution in [3.8, 4) is 0 Å². The second-order valence-electron chi connectivity index (χ2n) is 5.03. The van der Waals surface area contributed by atoms with E-state index in [9.17, 15) is 13.2 Å². The molecule has 2 N–H and O–H groups in total. The van der Waals surface area contributed by atoms with Gasteiger partial charge in [-0.2, -0.15) is 13.2 Å². The SMILES string of the molecule is CCN(CC1CC1)c1ccc(C(F)(F)F)cc1CN. The Morgan fingerprint density at radius 2 is 2.00 bits per heavy atom. The average Bonchev–Trinajstić information content (AvgIpc) is 3.18. The van der Waals surface area contributed by atoms with E-state index in [-0.39, 0.29) is 6.54 Å². The zero-order chi connectivity index (χ0) is 14.0. The summed E-state index contributed by atoms with van der Waals surface area (Å²) in [6.07, 6.45) is -1.87. The van der Waals surface area contributed by atoms with Crippen LogP contribution in [0.4, 0.5) is 18.9 Å². The number of hydrogen-bond acceptors (Lipinski definition) is 2. The Balaban J connectivity index is 2.28. The first-order valence-corrected chi connectivity index (χ1v) is 6.60. The third-order valence-corrected chi connectivity index (χ3v) is 3.52. The van der Waals surface area contributed by atoms with Gasteiger partial charge < -0.3 is 10.6 Å². The van der Waals surface area contributed by atoms with Gasteiger partial charge in [0.15, 0.2) is 0 Å². The van der Waals surface area contributed by atoms with E-state index in [2.05, 4.69) is 4.90 Å². The van der Waals surface area contributed by atoms with E-state index in [1.54, 1.807) is 6.07 Å². The molecule has 0 unspecified atom stereocenters. The standard InChI is InChI=1S/C14H19F3N2/c1-2-19(9-10-3-4-10)13-6-5-12(14(15,16)17)7-11(13)8-18/h5-7,10H,2-4,8-9,18H2,1H3. The molecule has 1 aliphatic carbocycles. The first-order chi connectivity index (χ1) is 8.95. The van der Waals surface area contributed by atoms with Crippen molar-refractivity contribution in [3.63, 3.8) is 0 Å². The minimum atomic E-state index is -4.31. The van der Waals surface area contributed by atoms with Crippen LogP contribution in [0.15, 0.2) is 18.2 Å². The van der Waals surface area contributed by atoms with E-state index >= 15 is 0 Å². The van der Waals surface area contributed by atoms with Crippen LogP contribution in [-0.2, 0) is 12.7 Å². The quantitative estimate of drug-likeness (QED) is 0.890. The van der Waals surface area contributed by atoms with Crippen molar-refractivity contribution in [2.75, 3.05) is 18.0 Å². The molecule has 1 fully saturated rings. The molecule has 0 radical (unpaired) electrons. The Hall–Kier alpha value is -1.23. The number of halogens is 3. The van der Waals surface area contributed by atoms with Crippen LogP contribution in [0.3, 0.4) is 0 Å². The maximum Gasteiger partial charge on any atom is 0.416 e. The lowest BCUT2D eigenvalue weighted by molar-refractivity contribution is -0.137. The summed E-state index contributed by atoms with van der Waals surface area (Å²) in [5, 5.41) is 0. The predicted molar refractivity (Wildman–Crippen MR) is 69.9 cm³/mol. The number of benzene rings is 1. The van der Waals surface area contributed by atoms with Gasteiger partial charge in [-0.05, 0) is 49.4 Å². The lowest BCUT2D eigenvalue weighted by Crippen LogP contribution is -2.27. The number of nitrogens with two attached hydrogens (primary N) is 1. The summed E-state index contributed by atoms with van der Waals surface area (Å²) in [7, 11) is 0. The fourth-order valence-corrected chi connectivity index (χ4v) is 2.24. The number of rotatable bonds is 5. The minimum Gasteiger partial charge on any atom is -0.371 e. The highest BCUT2D eigenvalue weighted by atomic mass is 19.4. The molecule has 2 nitrogen and oxygen atoms in total. The van der Waals surface area contributed by atoms with Crippen molar-refractivity contribution in [1.82, 2.24) is 0 Å². The van der Waals surface area contributed by atoms with E-state index in [0.29, 0.717) is 11.5 Å². The van der Waals surface area contributed by atoms with Crippen LogP contribution in [0, 0.1) is 5.92 Å². The highest BCUT2D eigenvalue weighted by Crippen LogP contribution is 2.35. The maximum absolute atomic E-state index is 12.7. The van der Waals surface area contributed by atoms with Crippen molar-refractivity contribution in [2.45, 2.75) is 32.5 Å². The molecule has 1 aromatic rings. The van der Waals surface area contributed by atoms with Crippen molar-refractivity contribution >= 4 is 5.69 Å². The molecule has 5 heteroatoms. The maximum atomic E-state index is 12.7. The molecule has 0 aliphatic heterocycles. The van der Waals surface area contributed by atoms with Crippen LogP contribution in [0.25, 0.3) is 0 Å². The Kier molecular flexibility index (Phi) is 4.04. The van der Waals surface area contributed by atoms with Gasteiger partial charge in [-0.1, -0.05) is 0 Å². The van der Waals surface area contributed by atoms with Gasteiger partial charge in [-0.25, -0.2) is 0 Å². The van der Waals surface area contributed by atoms with Crippen LogP contribution in [-0.4, -0.2) is 13.1 Å². The lowest BCUT2D eigenvalue weighted by Gasteiger charge is -2.26. The van der Waals surface area contributed by atoms with Gasteiger partial charge in [0.2, 0.25) is 0 Å². The summed E-state index contributed by atoms with van der Waals surface area (Å²) in [4.78, 5) is 2.13. The third-order valence-electron chi connectivity index (χ3n) is 3.52. The molecule has 0 aromatic heterocycles. The normalized spacial score (nSPS) is 15.6. The summed E-state index contributed by atoms with van der Waals surface area (Å²) < 4.78 is 38.1. The molecule has 0 heterocycles. The molecule has 1 aliphatic rings. The van der Waals surface area contributed by atoms with Crippen LogP contribution < -0.4 is 10.6 Å². The van der Waals surface area contributed by atoms with E-state index < -0.39 is 11.7 Å². The molecular formula is C14H19F3N2. The minimum absolute atomic E-state index is 0.125. The average molecular weight is 272 g/mol. The van der Waals surface area contributed by atoms with E-state index in [1.807, 2.05) is 6.92 Å². The largest absolute Gasteiger partial charge is 0.416 e. The van der Waals surface area contributed by atoms with Crippen LogP contribution in [0.1, 0.15) is 30.9 Å².